The van der Waals surface area contributed by atoms with Gasteiger partial charge in [-0.3, -0.25) is 0 Å². The number of hydrogen-bond donors (Lipinski definition) is 3. The molecule has 0 saturated heterocycles. The molecule has 0 amide bonds. The monoisotopic (exact) mass is 609 g/mol. The standard InChI is InChI=1S/C27H25O4P.C9H13N.C2H6/c1-17-7-5-8-18(13-17)22-15-20(28)16-23(26(22)27(29)30)19-9-6-10-21(14-19)31-24-11-3-4-12-25(24)32-2;1-7-5-4-6-8(2)9(7)10-3;1-2/h3-14,16,22,28,32H,15H2,1-2H3,(H,29,30);4-6,10H,1-3H3;1-2H3. The summed E-state index contributed by atoms with van der Waals surface area (Å²) >= 11 is 0. The predicted octanol–water partition coefficient (Wildman–Crippen LogP) is 9.56. The fraction of sp³-hybridized carbons (Fsp3) is 0.237. The van der Waals surface area contributed by atoms with Crippen LogP contribution in [0.4, 0.5) is 5.69 Å². The van der Waals surface area contributed by atoms with Crippen LogP contribution in [-0.2, 0) is 4.79 Å². The maximum absolute atomic E-state index is 12.4. The highest BCUT2D eigenvalue weighted by Gasteiger charge is 2.31. The van der Waals surface area contributed by atoms with E-state index in [1.807, 2.05) is 101 Å². The SMILES string of the molecule is CC.CNc1c(C)cccc1C.CPc1ccccc1Oc1cccc(C2=C(C(=O)O)C(c3cccc(C)c3)CC(O)=C2)c1. The Kier molecular flexibility index (Phi) is 12.8. The number of aliphatic hydroxyl groups is 1. The van der Waals surface area contributed by atoms with Crippen LogP contribution in [0.15, 0.2) is 108 Å². The zero-order valence-electron chi connectivity index (χ0n) is 26.7. The van der Waals surface area contributed by atoms with Crippen molar-refractivity contribution in [2.75, 3.05) is 19.0 Å². The molecule has 0 aromatic heterocycles. The molecule has 0 fully saturated rings. The molecular weight excluding hydrogens is 565 g/mol. The van der Waals surface area contributed by atoms with E-state index in [1.165, 1.54) is 16.8 Å². The van der Waals surface area contributed by atoms with E-state index in [2.05, 4.69) is 44.0 Å². The van der Waals surface area contributed by atoms with Crippen LogP contribution < -0.4 is 15.4 Å². The minimum absolute atomic E-state index is 0.167. The first-order valence-electron chi connectivity index (χ1n) is 14.9. The van der Waals surface area contributed by atoms with E-state index in [4.69, 9.17) is 4.74 Å². The van der Waals surface area contributed by atoms with Crippen LogP contribution in [0.5, 0.6) is 11.5 Å². The van der Waals surface area contributed by atoms with Crippen LogP contribution in [0.25, 0.3) is 5.57 Å². The summed E-state index contributed by atoms with van der Waals surface area (Å²) in [5.41, 5.74) is 7.27. The fourth-order valence-electron chi connectivity index (χ4n) is 5.30. The summed E-state index contributed by atoms with van der Waals surface area (Å²) in [4.78, 5) is 12.4. The molecule has 2 unspecified atom stereocenters. The summed E-state index contributed by atoms with van der Waals surface area (Å²) in [7, 11) is 2.55. The van der Waals surface area contributed by atoms with Gasteiger partial charge in [0.2, 0.25) is 0 Å². The second-order valence-electron chi connectivity index (χ2n) is 10.3. The van der Waals surface area contributed by atoms with Gasteiger partial charge in [-0.1, -0.05) is 101 Å². The van der Waals surface area contributed by atoms with E-state index in [9.17, 15) is 15.0 Å². The number of para-hydroxylation sites is 2. The summed E-state index contributed by atoms with van der Waals surface area (Å²) in [6.45, 7) is 12.3. The van der Waals surface area contributed by atoms with Gasteiger partial charge < -0.3 is 20.3 Å². The second-order valence-corrected chi connectivity index (χ2v) is 11.4. The van der Waals surface area contributed by atoms with Crippen molar-refractivity contribution >= 4 is 31.1 Å². The number of hydrogen-bond acceptors (Lipinski definition) is 4. The molecular formula is C38H44NO4P. The summed E-state index contributed by atoms with van der Waals surface area (Å²) in [5.74, 6) is 0.159. The highest BCUT2D eigenvalue weighted by atomic mass is 31.1. The largest absolute Gasteiger partial charge is 0.512 e. The van der Waals surface area contributed by atoms with Gasteiger partial charge in [-0.25, -0.2) is 4.79 Å². The average molecular weight is 610 g/mol. The molecule has 0 saturated carbocycles. The molecule has 0 spiro atoms. The maximum atomic E-state index is 12.4. The first-order valence-corrected chi connectivity index (χ1v) is 16.4. The van der Waals surface area contributed by atoms with Crippen molar-refractivity contribution in [2.24, 2.45) is 0 Å². The van der Waals surface area contributed by atoms with Gasteiger partial charge in [-0.05, 0) is 79.5 Å². The molecule has 5 rings (SSSR count). The van der Waals surface area contributed by atoms with Gasteiger partial charge in [0.1, 0.15) is 11.5 Å². The molecule has 0 bridgehead atoms. The number of benzene rings is 4. The number of aryl methyl sites for hydroxylation is 3. The van der Waals surface area contributed by atoms with E-state index < -0.39 is 11.9 Å². The van der Waals surface area contributed by atoms with Gasteiger partial charge in [0.05, 0.1) is 11.3 Å². The molecule has 230 valence electrons. The highest BCUT2D eigenvalue weighted by Crippen LogP contribution is 2.41. The number of allylic oxidation sites excluding steroid dienone is 3. The lowest BCUT2D eigenvalue weighted by Gasteiger charge is -2.25. The number of ether oxygens (including phenoxy) is 1. The van der Waals surface area contributed by atoms with Crippen LogP contribution in [0, 0.1) is 20.8 Å². The third-order valence-electron chi connectivity index (χ3n) is 7.30. The summed E-state index contributed by atoms with van der Waals surface area (Å²) in [6.07, 6.45) is 1.83. The van der Waals surface area contributed by atoms with Crippen LogP contribution >= 0.6 is 8.58 Å². The van der Waals surface area contributed by atoms with Crippen LogP contribution in [0.3, 0.4) is 0 Å². The Hall–Kier alpha value is -4.34. The Morgan fingerprint density at radius 1 is 0.886 bits per heavy atom. The molecule has 1 aliphatic carbocycles. The van der Waals surface area contributed by atoms with Crippen molar-refractivity contribution in [1.82, 2.24) is 0 Å². The van der Waals surface area contributed by atoms with Crippen molar-refractivity contribution in [1.29, 1.82) is 0 Å². The number of anilines is 1. The smallest absolute Gasteiger partial charge is 0.332 e. The molecule has 1 aliphatic rings. The minimum atomic E-state index is -0.987. The minimum Gasteiger partial charge on any atom is -0.512 e. The molecule has 0 heterocycles. The van der Waals surface area contributed by atoms with Crippen molar-refractivity contribution in [3.63, 3.8) is 0 Å². The van der Waals surface area contributed by atoms with Crippen molar-refractivity contribution < 1.29 is 19.7 Å². The van der Waals surface area contributed by atoms with E-state index in [-0.39, 0.29) is 17.8 Å². The highest BCUT2D eigenvalue weighted by molar-refractivity contribution is 7.46. The third kappa shape index (κ3) is 8.61. The second kappa shape index (κ2) is 16.5. The van der Waals surface area contributed by atoms with Gasteiger partial charge in [0.15, 0.2) is 0 Å². The third-order valence-corrected chi connectivity index (χ3v) is 8.25. The number of rotatable bonds is 7. The number of carboxylic acids is 1. The quantitative estimate of drug-likeness (QED) is 0.182. The number of nitrogens with one attached hydrogen (secondary N) is 1. The number of aliphatic carboxylic acids is 1. The summed E-state index contributed by atoms with van der Waals surface area (Å²) in [6, 6.07) is 29.3. The Morgan fingerprint density at radius 2 is 1.55 bits per heavy atom. The van der Waals surface area contributed by atoms with Crippen LogP contribution in [0.1, 0.15) is 54.0 Å². The number of aliphatic hydroxyl groups excluding tert-OH is 1. The molecule has 6 heteroatoms. The van der Waals surface area contributed by atoms with Crippen LogP contribution in [0.2, 0.25) is 0 Å². The molecule has 4 aromatic carbocycles. The Labute approximate surface area is 264 Å². The van der Waals surface area contributed by atoms with E-state index in [1.54, 1.807) is 6.08 Å². The van der Waals surface area contributed by atoms with Crippen molar-refractivity contribution in [2.45, 2.75) is 47.0 Å². The van der Waals surface area contributed by atoms with Crippen LogP contribution in [-0.4, -0.2) is 29.9 Å². The van der Waals surface area contributed by atoms with Gasteiger partial charge in [0, 0.05) is 30.4 Å². The molecule has 5 nitrogen and oxygen atoms in total. The molecule has 0 aliphatic heterocycles. The zero-order chi connectivity index (χ0) is 32.2. The first-order chi connectivity index (χ1) is 21.2. The van der Waals surface area contributed by atoms with Gasteiger partial charge in [0.25, 0.3) is 0 Å². The van der Waals surface area contributed by atoms with Gasteiger partial charge in [-0.15, -0.1) is 0 Å². The molecule has 3 N–H and O–H groups in total. The zero-order valence-corrected chi connectivity index (χ0v) is 27.7. The van der Waals surface area contributed by atoms with E-state index in [0.29, 0.717) is 25.5 Å². The first kappa shape index (κ1) is 34.2. The van der Waals surface area contributed by atoms with Crippen molar-refractivity contribution in [3.8, 4) is 11.5 Å². The lowest BCUT2D eigenvalue weighted by molar-refractivity contribution is -0.132. The summed E-state index contributed by atoms with van der Waals surface area (Å²) in [5, 5.41) is 24.9. The Balaban J connectivity index is 0.000000372. The van der Waals surface area contributed by atoms with Gasteiger partial charge in [-0.2, -0.15) is 0 Å². The normalized spacial score (nSPS) is 14.2. The van der Waals surface area contributed by atoms with Crippen molar-refractivity contribution in [3.05, 3.63) is 136 Å². The number of carboxylic acid groups (broad SMARTS) is 1. The molecule has 2 atom stereocenters. The molecule has 4 aromatic rings. The topological polar surface area (TPSA) is 78.8 Å². The van der Waals surface area contributed by atoms with E-state index >= 15 is 0 Å². The molecule has 0 radical (unpaired) electrons. The Bertz CT molecular complexity index is 1620. The van der Waals surface area contributed by atoms with E-state index in [0.717, 1.165) is 22.2 Å². The fourth-order valence-corrected chi connectivity index (χ4v) is 5.95. The molecule has 44 heavy (non-hydrogen) atoms. The predicted molar refractivity (Wildman–Crippen MR) is 187 cm³/mol. The average Bonchev–Trinajstić information content (AvgIpc) is 3.02. The van der Waals surface area contributed by atoms with Gasteiger partial charge >= 0.3 is 5.97 Å². The lowest BCUT2D eigenvalue weighted by atomic mass is 9.79. The Morgan fingerprint density at radius 3 is 2.16 bits per heavy atom. The maximum Gasteiger partial charge on any atom is 0.332 e. The number of carbonyl (C=O) groups is 1. The summed E-state index contributed by atoms with van der Waals surface area (Å²) < 4.78 is 6.14. The lowest BCUT2D eigenvalue weighted by Crippen LogP contribution is -2.17.